The average Bonchev–Trinajstić information content (AvgIpc) is 2.41. The lowest BCUT2D eigenvalue weighted by molar-refractivity contribution is 0.0528. The molecule has 0 spiro atoms. The number of alkyl carbamates (subject to hydrolysis) is 1. The highest BCUT2D eigenvalue weighted by Crippen LogP contribution is 2.12. The molecule has 1 atom stereocenters. The summed E-state index contributed by atoms with van der Waals surface area (Å²) >= 11 is 0. The number of rotatable bonds is 6. The van der Waals surface area contributed by atoms with Gasteiger partial charge in [-0.2, -0.15) is 0 Å². The van der Waals surface area contributed by atoms with Crippen molar-refractivity contribution in [2.24, 2.45) is 5.84 Å². The van der Waals surface area contributed by atoms with Gasteiger partial charge in [-0.3, -0.25) is 10.1 Å². The zero-order chi connectivity index (χ0) is 15.9. The number of nitrogen functional groups attached to an aromatic ring is 1. The molecule has 0 bridgehead atoms. The fourth-order valence-corrected chi connectivity index (χ4v) is 2.61. The molecule has 1 aromatic carbocycles. The Balaban J connectivity index is 2.28. The van der Waals surface area contributed by atoms with Crippen LogP contribution >= 0.6 is 0 Å². The molecule has 6 nitrogen and oxygen atoms in total. The number of ether oxygens (including phenoxy) is 1. The Labute approximate surface area is 127 Å². The van der Waals surface area contributed by atoms with Gasteiger partial charge in [0.05, 0.1) is 10.8 Å². The third-order valence-corrected chi connectivity index (χ3v) is 3.92. The molecule has 0 fully saturated rings. The highest BCUT2D eigenvalue weighted by Gasteiger charge is 2.15. The van der Waals surface area contributed by atoms with E-state index in [4.69, 9.17) is 10.6 Å². The van der Waals surface area contributed by atoms with Crippen LogP contribution in [0.3, 0.4) is 0 Å². The topological polar surface area (TPSA) is 93.4 Å². The van der Waals surface area contributed by atoms with E-state index in [-0.39, 0.29) is 0 Å². The van der Waals surface area contributed by atoms with E-state index in [1.807, 2.05) is 20.8 Å². The van der Waals surface area contributed by atoms with Crippen molar-refractivity contribution < 1.29 is 13.7 Å². The largest absolute Gasteiger partial charge is 0.444 e. The fraction of sp³-hybridized carbons (Fsp3) is 0.500. The zero-order valence-corrected chi connectivity index (χ0v) is 13.5. The van der Waals surface area contributed by atoms with E-state index in [2.05, 4.69) is 10.7 Å². The molecule has 1 amide bonds. The predicted molar refractivity (Wildman–Crippen MR) is 84.4 cm³/mol. The molecule has 0 aliphatic carbocycles. The van der Waals surface area contributed by atoms with E-state index in [0.29, 0.717) is 18.7 Å². The third-order valence-electron chi connectivity index (χ3n) is 2.46. The highest BCUT2D eigenvalue weighted by atomic mass is 32.2. The van der Waals surface area contributed by atoms with E-state index in [1.165, 1.54) is 0 Å². The molecule has 0 saturated carbocycles. The molecule has 1 aromatic rings. The SMILES string of the molecule is CC(C)(C)OC(=O)NCCCS(=O)c1ccc(NN)cc1. The maximum Gasteiger partial charge on any atom is 0.407 e. The third kappa shape index (κ3) is 7.10. The summed E-state index contributed by atoms with van der Waals surface area (Å²) in [4.78, 5) is 12.2. The Hall–Kier alpha value is -1.60. The lowest BCUT2D eigenvalue weighted by Gasteiger charge is -2.19. The van der Waals surface area contributed by atoms with Gasteiger partial charge >= 0.3 is 6.09 Å². The summed E-state index contributed by atoms with van der Waals surface area (Å²) < 4.78 is 17.1. The first-order valence-electron chi connectivity index (χ1n) is 6.74. The second kappa shape index (κ2) is 7.99. The van der Waals surface area contributed by atoms with Gasteiger partial charge in [0.15, 0.2) is 0 Å². The van der Waals surface area contributed by atoms with Crippen molar-refractivity contribution in [3.05, 3.63) is 24.3 Å². The number of benzene rings is 1. The summed E-state index contributed by atoms with van der Waals surface area (Å²) in [5.74, 6) is 5.75. The first kappa shape index (κ1) is 17.5. The molecule has 118 valence electrons. The summed E-state index contributed by atoms with van der Waals surface area (Å²) in [6.45, 7) is 5.85. The molecule has 0 aliphatic rings. The Morgan fingerprint density at radius 2 is 1.90 bits per heavy atom. The smallest absolute Gasteiger partial charge is 0.407 e. The number of hydrazine groups is 1. The van der Waals surface area contributed by atoms with Gasteiger partial charge in [0.25, 0.3) is 0 Å². The van der Waals surface area contributed by atoms with Gasteiger partial charge < -0.3 is 15.5 Å². The number of nitrogens with two attached hydrogens (primary N) is 1. The van der Waals surface area contributed by atoms with Gasteiger partial charge in [-0.05, 0) is 51.5 Å². The Morgan fingerprint density at radius 1 is 1.29 bits per heavy atom. The molecular weight excluding hydrogens is 290 g/mol. The Bertz CT molecular complexity index is 483. The van der Waals surface area contributed by atoms with Crippen molar-refractivity contribution in [3.63, 3.8) is 0 Å². The summed E-state index contributed by atoms with van der Waals surface area (Å²) in [5, 5.41) is 2.64. The van der Waals surface area contributed by atoms with Crippen LogP contribution in [0.15, 0.2) is 29.2 Å². The zero-order valence-electron chi connectivity index (χ0n) is 12.6. The highest BCUT2D eigenvalue weighted by molar-refractivity contribution is 7.85. The number of hydrogen-bond donors (Lipinski definition) is 3. The summed E-state index contributed by atoms with van der Waals surface area (Å²) in [7, 11) is -1.09. The van der Waals surface area contributed by atoms with E-state index in [0.717, 1.165) is 10.6 Å². The molecule has 0 aromatic heterocycles. The Morgan fingerprint density at radius 3 is 2.43 bits per heavy atom. The number of hydrogen-bond acceptors (Lipinski definition) is 5. The van der Waals surface area contributed by atoms with Gasteiger partial charge in [-0.15, -0.1) is 0 Å². The maximum atomic E-state index is 12.0. The minimum atomic E-state index is -1.09. The molecule has 1 unspecified atom stereocenters. The van der Waals surface area contributed by atoms with Crippen molar-refractivity contribution in [3.8, 4) is 0 Å². The molecule has 0 saturated heterocycles. The maximum absolute atomic E-state index is 12.0. The number of anilines is 1. The van der Waals surface area contributed by atoms with Crippen LogP contribution in [0.1, 0.15) is 27.2 Å². The van der Waals surface area contributed by atoms with E-state index < -0.39 is 22.5 Å². The first-order chi connectivity index (χ1) is 9.81. The van der Waals surface area contributed by atoms with Crippen LogP contribution in [0.5, 0.6) is 0 Å². The number of nitrogens with one attached hydrogen (secondary N) is 2. The van der Waals surface area contributed by atoms with Crippen molar-refractivity contribution in [2.75, 3.05) is 17.7 Å². The monoisotopic (exact) mass is 313 g/mol. The van der Waals surface area contributed by atoms with Crippen LogP contribution in [0.2, 0.25) is 0 Å². The van der Waals surface area contributed by atoms with Crippen LogP contribution in [-0.2, 0) is 15.5 Å². The molecule has 0 aliphatic heterocycles. The lowest BCUT2D eigenvalue weighted by atomic mass is 10.2. The van der Waals surface area contributed by atoms with Crippen molar-refractivity contribution >= 4 is 22.6 Å². The molecule has 1 rings (SSSR count). The Kier molecular flexibility index (Phi) is 6.64. The van der Waals surface area contributed by atoms with E-state index in [1.54, 1.807) is 24.3 Å². The van der Waals surface area contributed by atoms with Gasteiger partial charge in [-0.1, -0.05) is 0 Å². The summed E-state index contributed by atoms with van der Waals surface area (Å²) in [6, 6.07) is 7.08. The van der Waals surface area contributed by atoms with Gasteiger partial charge in [-0.25, -0.2) is 4.79 Å². The first-order valence-corrected chi connectivity index (χ1v) is 8.05. The van der Waals surface area contributed by atoms with E-state index in [9.17, 15) is 9.00 Å². The normalized spacial score (nSPS) is 12.6. The molecule has 0 radical (unpaired) electrons. The number of amides is 1. The minimum absolute atomic E-state index is 0.434. The van der Waals surface area contributed by atoms with Crippen LogP contribution in [-0.4, -0.2) is 28.2 Å². The van der Waals surface area contributed by atoms with Crippen molar-refractivity contribution in [1.29, 1.82) is 0 Å². The molecular formula is C14H23N3O3S. The summed E-state index contributed by atoms with van der Waals surface area (Å²) in [6.07, 6.45) is 0.162. The van der Waals surface area contributed by atoms with Crippen LogP contribution in [0.25, 0.3) is 0 Å². The summed E-state index contributed by atoms with van der Waals surface area (Å²) in [5.41, 5.74) is 2.77. The van der Waals surface area contributed by atoms with Crippen LogP contribution in [0, 0.1) is 0 Å². The molecule has 7 heteroatoms. The quantitative estimate of drug-likeness (QED) is 0.424. The number of carbonyl (C=O) groups is 1. The van der Waals surface area contributed by atoms with Crippen molar-refractivity contribution in [1.82, 2.24) is 5.32 Å². The molecule has 0 heterocycles. The number of carbonyl (C=O) groups excluding carboxylic acids is 1. The predicted octanol–water partition coefficient (Wildman–Crippen LogP) is 1.99. The standard InChI is InChI=1S/C14H23N3O3S/c1-14(2,3)20-13(18)16-9-4-10-21(19)12-7-5-11(17-15)6-8-12/h5-8,17H,4,9-10,15H2,1-3H3,(H,16,18). The molecule has 4 N–H and O–H groups in total. The second-order valence-corrected chi connectivity index (χ2v) is 7.07. The average molecular weight is 313 g/mol. The van der Waals surface area contributed by atoms with Gasteiger partial charge in [0.1, 0.15) is 5.60 Å². The van der Waals surface area contributed by atoms with Crippen molar-refractivity contribution in [2.45, 2.75) is 37.7 Å². The van der Waals surface area contributed by atoms with E-state index >= 15 is 0 Å². The van der Waals surface area contributed by atoms with Gasteiger partial charge in [0, 0.05) is 22.9 Å². The fourth-order valence-electron chi connectivity index (χ4n) is 1.53. The van der Waals surface area contributed by atoms with Crippen LogP contribution < -0.4 is 16.6 Å². The minimum Gasteiger partial charge on any atom is -0.444 e. The van der Waals surface area contributed by atoms with Gasteiger partial charge in [0.2, 0.25) is 0 Å². The second-order valence-electron chi connectivity index (χ2n) is 5.50. The van der Waals surface area contributed by atoms with Crippen LogP contribution in [0.4, 0.5) is 10.5 Å². The molecule has 21 heavy (non-hydrogen) atoms. The lowest BCUT2D eigenvalue weighted by Crippen LogP contribution is -2.33.